The quantitative estimate of drug-likeness (QED) is 0.653. The van der Waals surface area contributed by atoms with Gasteiger partial charge in [-0.05, 0) is 18.6 Å². The highest BCUT2D eigenvalue weighted by Gasteiger charge is 2.21. The first kappa shape index (κ1) is 16.0. The third kappa shape index (κ3) is 3.10. The van der Waals surface area contributed by atoms with Crippen molar-refractivity contribution in [2.45, 2.75) is 26.2 Å². The fraction of sp³-hybridized carbons (Fsp3) is 0.438. The second-order valence-electron chi connectivity index (χ2n) is 5.15. The van der Waals surface area contributed by atoms with Gasteiger partial charge in [-0.3, -0.25) is 4.98 Å². The van der Waals surface area contributed by atoms with Crippen LogP contribution in [0, 0.1) is 0 Å². The number of hydrogen-bond donors (Lipinski definition) is 1. The molecule has 2 aromatic rings. The molecule has 0 amide bonds. The van der Waals surface area contributed by atoms with E-state index in [1.165, 1.54) is 7.11 Å². The number of methoxy groups -OCH3 is 1. The lowest BCUT2D eigenvalue weighted by molar-refractivity contribution is 0.0591. The minimum absolute atomic E-state index is 0.106. The Hall–Kier alpha value is -2.37. The molecule has 0 saturated carbocycles. The second kappa shape index (κ2) is 7.06. The molecule has 0 aromatic carbocycles. The van der Waals surface area contributed by atoms with Gasteiger partial charge in [0, 0.05) is 25.2 Å². The molecule has 2 heterocycles. The fourth-order valence-corrected chi connectivity index (χ4v) is 2.34. The molecule has 1 N–H and O–H groups in total. The minimum atomic E-state index is -0.673. The van der Waals surface area contributed by atoms with E-state index in [-0.39, 0.29) is 11.4 Å². The number of aromatic nitrogens is 2. The SMILES string of the molecule is CCCCCN(C)c1nc(C(=O)OC)c(O)c2ncccc12. The summed E-state index contributed by atoms with van der Waals surface area (Å²) in [5.41, 5.74) is 0.251. The summed E-state index contributed by atoms with van der Waals surface area (Å²) in [4.78, 5) is 22.3. The molecule has 22 heavy (non-hydrogen) atoms. The second-order valence-corrected chi connectivity index (χ2v) is 5.15. The average molecular weight is 303 g/mol. The van der Waals surface area contributed by atoms with Crippen LogP contribution in [0.3, 0.4) is 0 Å². The average Bonchev–Trinajstić information content (AvgIpc) is 2.55. The van der Waals surface area contributed by atoms with Crippen LogP contribution in [0.4, 0.5) is 5.82 Å². The lowest BCUT2D eigenvalue weighted by atomic mass is 10.2. The number of anilines is 1. The first-order valence-electron chi connectivity index (χ1n) is 7.37. The number of carbonyl (C=O) groups excluding carboxylic acids is 1. The van der Waals surface area contributed by atoms with E-state index in [1.54, 1.807) is 12.3 Å². The zero-order chi connectivity index (χ0) is 16.1. The maximum Gasteiger partial charge on any atom is 0.360 e. The van der Waals surface area contributed by atoms with Crippen molar-refractivity contribution in [2.75, 3.05) is 25.6 Å². The molecule has 0 bridgehead atoms. The predicted molar refractivity (Wildman–Crippen MR) is 85.3 cm³/mol. The molecule has 0 spiro atoms. The third-order valence-electron chi connectivity index (χ3n) is 3.55. The Morgan fingerprint density at radius 1 is 1.41 bits per heavy atom. The molecule has 0 aliphatic carbocycles. The Balaban J connectivity index is 2.51. The third-order valence-corrected chi connectivity index (χ3v) is 3.55. The van der Waals surface area contributed by atoms with Gasteiger partial charge >= 0.3 is 5.97 Å². The van der Waals surface area contributed by atoms with Crippen molar-refractivity contribution < 1.29 is 14.6 Å². The molecule has 0 radical (unpaired) electrons. The van der Waals surface area contributed by atoms with Crippen LogP contribution in [0.1, 0.15) is 36.7 Å². The van der Waals surface area contributed by atoms with Crippen LogP contribution in [0.15, 0.2) is 18.3 Å². The Bertz CT molecular complexity index is 673. The highest BCUT2D eigenvalue weighted by molar-refractivity contribution is 6.01. The van der Waals surface area contributed by atoms with Crippen LogP contribution < -0.4 is 4.90 Å². The van der Waals surface area contributed by atoms with Gasteiger partial charge in [0.1, 0.15) is 11.3 Å². The van der Waals surface area contributed by atoms with E-state index in [2.05, 4.69) is 16.9 Å². The van der Waals surface area contributed by atoms with Gasteiger partial charge in [-0.2, -0.15) is 0 Å². The fourth-order valence-electron chi connectivity index (χ4n) is 2.34. The Morgan fingerprint density at radius 2 is 2.18 bits per heavy atom. The van der Waals surface area contributed by atoms with Crippen molar-refractivity contribution >= 4 is 22.7 Å². The number of fused-ring (bicyclic) bond motifs is 1. The molecule has 6 heteroatoms. The summed E-state index contributed by atoms with van der Waals surface area (Å²) in [5, 5.41) is 10.9. The summed E-state index contributed by atoms with van der Waals surface area (Å²) in [7, 11) is 3.18. The molecule has 2 rings (SSSR count). The summed E-state index contributed by atoms with van der Waals surface area (Å²) in [5.74, 6) is -0.293. The van der Waals surface area contributed by atoms with Crippen LogP contribution in [0.5, 0.6) is 5.75 Å². The highest BCUT2D eigenvalue weighted by atomic mass is 16.5. The van der Waals surface area contributed by atoms with Crippen molar-refractivity contribution in [3.05, 3.63) is 24.0 Å². The number of esters is 1. The van der Waals surface area contributed by atoms with Gasteiger partial charge in [-0.25, -0.2) is 9.78 Å². The maximum absolute atomic E-state index is 11.8. The normalized spacial score (nSPS) is 10.7. The van der Waals surface area contributed by atoms with E-state index >= 15 is 0 Å². The zero-order valence-corrected chi connectivity index (χ0v) is 13.2. The largest absolute Gasteiger partial charge is 0.504 e. The zero-order valence-electron chi connectivity index (χ0n) is 13.2. The summed E-state index contributed by atoms with van der Waals surface area (Å²) < 4.78 is 4.69. The number of carbonyl (C=O) groups is 1. The smallest absolute Gasteiger partial charge is 0.360 e. The number of hydrogen-bond acceptors (Lipinski definition) is 6. The number of nitrogens with zero attached hydrogens (tertiary/aromatic N) is 3. The molecule has 118 valence electrons. The highest BCUT2D eigenvalue weighted by Crippen LogP contribution is 2.32. The minimum Gasteiger partial charge on any atom is -0.504 e. The van der Waals surface area contributed by atoms with E-state index < -0.39 is 5.97 Å². The van der Waals surface area contributed by atoms with Crippen molar-refractivity contribution in [1.29, 1.82) is 0 Å². The van der Waals surface area contributed by atoms with E-state index in [0.717, 1.165) is 25.8 Å². The molecule has 0 saturated heterocycles. The van der Waals surface area contributed by atoms with Crippen molar-refractivity contribution in [3.8, 4) is 5.75 Å². The van der Waals surface area contributed by atoms with E-state index in [9.17, 15) is 9.90 Å². The Kier molecular flexibility index (Phi) is 5.14. The molecule has 0 aliphatic heterocycles. The lowest BCUT2D eigenvalue weighted by Gasteiger charge is -2.21. The molecular weight excluding hydrogens is 282 g/mol. The van der Waals surface area contributed by atoms with Gasteiger partial charge in [0.2, 0.25) is 0 Å². The van der Waals surface area contributed by atoms with E-state index in [0.29, 0.717) is 16.7 Å². The Morgan fingerprint density at radius 3 is 2.86 bits per heavy atom. The van der Waals surface area contributed by atoms with Gasteiger partial charge in [0.05, 0.1) is 7.11 Å². The maximum atomic E-state index is 11.8. The summed E-state index contributed by atoms with van der Waals surface area (Å²) in [6.45, 7) is 2.96. The molecule has 0 unspecified atom stereocenters. The summed E-state index contributed by atoms with van der Waals surface area (Å²) in [6, 6.07) is 3.62. The monoisotopic (exact) mass is 303 g/mol. The van der Waals surface area contributed by atoms with E-state index in [1.807, 2.05) is 18.0 Å². The number of pyridine rings is 2. The van der Waals surface area contributed by atoms with Gasteiger partial charge in [0.25, 0.3) is 0 Å². The first-order chi connectivity index (χ1) is 10.6. The molecule has 0 atom stereocenters. The Labute approximate surface area is 129 Å². The topological polar surface area (TPSA) is 75.6 Å². The number of unbranched alkanes of at least 4 members (excludes halogenated alkanes) is 2. The van der Waals surface area contributed by atoms with Crippen LogP contribution in [-0.2, 0) is 4.74 Å². The van der Waals surface area contributed by atoms with Crippen LogP contribution in [0.25, 0.3) is 10.9 Å². The molecule has 6 nitrogen and oxygen atoms in total. The van der Waals surface area contributed by atoms with Crippen molar-refractivity contribution in [2.24, 2.45) is 0 Å². The van der Waals surface area contributed by atoms with Gasteiger partial charge in [-0.1, -0.05) is 19.8 Å². The number of aromatic hydroxyl groups is 1. The van der Waals surface area contributed by atoms with Gasteiger partial charge in [0.15, 0.2) is 11.4 Å². The molecule has 2 aromatic heterocycles. The number of ether oxygens (including phenoxy) is 1. The molecule has 0 aliphatic rings. The van der Waals surface area contributed by atoms with E-state index in [4.69, 9.17) is 4.74 Å². The molecule has 0 fully saturated rings. The van der Waals surface area contributed by atoms with Crippen molar-refractivity contribution in [3.63, 3.8) is 0 Å². The van der Waals surface area contributed by atoms with Crippen LogP contribution >= 0.6 is 0 Å². The predicted octanol–water partition coefficient (Wildman–Crippen LogP) is 2.75. The summed E-state index contributed by atoms with van der Waals surface area (Å²) in [6.07, 6.45) is 4.86. The first-order valence-corrected chi connectivity index (χ1v) is 7.37. The summed E-state index contributed by atoms with van der Waals surface area (Å²) >= 11 is 0. The number of rotatable bonds is 6. The van der Waals surface area contributed by atoms with Gasteiger partial charge in [-0.15, -0.1) is 0 Å². The standard InChI is InChI=1S/C16H21N3O3/c1-4-5-6-10-19(2)15-11-8-7-9-17-12(11)14(20)13(18-15)16(21)22-3/h7-9,20H,4-6,10H2,1-3H3. The van der Waals surface area contributed by atoms with Crippen molar-refractivity contribution in [1.82, 2.24) is 9.97 Å². The van der Waals surface area contributed by atoms with Crippen LogP contribution in [-0.4, -0.2) is 41.7 Å². The lowest BCUT2D eigenvalue weighted by Crippen LogP contribution is -2.21. The van der Waals surface area contributed by atoms with Gasteiger partial charge < -0.3 is 14.7 Å². The molecular formula is C16H21N3O3. The van der Waals surface area contributed by atoms with Crippen LogP contribution in [0.2, 0.25) is 0 Å².